The molecule has 8 nitrogen and oxygen atoms in total. The van der Waals surface area contributed by atoms with Gasteiger partial charge in [0.15, 0.2) is 4.88 Å². The monoisotopic (exact) mass is 218 g/mol. The van der Waals surface area contributed by atoms with E-state index in [1.807, 2.05) is 0 Å². The van der Waals surface area contributed by atoms with E-state index < -0.39 is 31.4 Å². The third-order valence-electron chi connectivity index (χ3n) is 1.27. The maximum Gasteiger partial charge on any atom is 0.353 e. The molecule has 0 radical (unpaired) electrons. The van der Waals surface area contributed by atoms with Crippen LogP contribution in [0.25, 0.3) is 0 Å². The van der Waals surface area contributed by atoms with Crippen molar-refractivity contribution >= 4 is 28.0 Å². The number of hydrogen-bond acceptors (Lipinski definition) is 6. The van der Waals surface area contributed by atoms with Crippen molar-refractivity contribution in [1.82, 2.24) is 0 Å². The highest BCUT2D eigenvalue weighted by molar-refractivity contribution is 7.17. The Hall–Kier alpha value is -2.03. The molecule has 0 saturated carbocycles. The molecule has 0 saturated heterocycles. The van der Waals surface area contributed by atoms with Gasteiger partial charge in [-0.3, -0.25) is 20.2 Å². The molecule has 1 aromatic heterocycles. The van der Waals surface area contributed by atoms with Gasteiger partial charge < -0.3 is 5.11 Å². The van der Waals surface area contributed by atoms with Gasteiger partial charge in [-0.15, -0.1) is 0 Å². The molecule has 0 amide bonds. The second-order valence-electron chi connectivity index (χ2n) is 2.12. The van der Waals surface area contributed by atoms with Crippen LogP contribution in [0, 0.1) is 20.2 Å². The summed E-state index contributed by atoms with van der Waals surface area (Å²) in [5.74, 6) is -1.55. The van der Waals surface area contributed by atoms with Crippen LogP contribution in [0.1, 0.15) is 9.67 Å². The number of carboxylic acids is 1. The van der Waals surface area contributed by atoms with Gasteiger partial charge in [0.1, 0.15) is 6.07 Å². The molecule has 1 heterocycles. The Kier molecular flexibility index (Phi) is 2.42. The Bertz CT molecular complexity index is 392. The molecule has 0 bridgehead atoms. The molecular weight excluding hydrogens is 216 g/mol. The summed E-state index contributed by atoms with van der Waals surface area (Å²) in [6.45, 7) is 0. The van der Waals surface area contributed by atoms with Crippen LogP contribution in [0.4, 0.5) is 10.7 Å². The molecule has 74 valence electrons. The van der Waals surface area contributed by atoms with E-state index in [1.165, 1.54) is 0 Å². The first-order valence-electron chi connectivity index (χ1n) is 3.09. The summed E-state index contributed by atoms with van der Waals surface area (Å²) >= 11 is 0.264. The SMILES string of the molecule is O=C(O)c1sc([N+](=O)[O-])cc1[N+](=O)[O-]. The number of nitrogens with zero attached hydrogens (tertiary/aromatic N) is 2. The van der Waals surface area contributed by atoms with Crippen LogP contribution in [0.3, 0.4) is 0 Å². The highest BCUT2D eigenvalue weighted by Crippen LogP contribution is 2.33. The number of aromatic carboxylic acids is 1. The van der Waals surface area contributed by atoms with Crippen molar-refractivity contribution in [2.24, 2.45) is 0 Å². The minimum Gasteiger partial charge on any atom is -0.477 e. The Morgan fingerprint density at radius 1 is 1.36 bits per heavy atom. The number of hydrogen-bond donors (Lipinski definition) is 1. The van der Waals surface area contributed by atoms with Gasteiger partial charge in [0, 0.05) is 0 Å². The molecule has 0 aliphatic carbocycles. The second kappa shape index (κ2) is 3.38. The van der Waals surface area contributed by atoms with E-state index in [1.54, 1.807) is 0 Å². The van der Waals surface area contributed by atoms with Gasteiger partial charge in [0.2, 0.25) is 0 Å². The van der Waals surface area contributed by atoms with E-state index in [0.717, 1.165) is 0 Å². The van der Waals surface area contributed by atoms with Crippen molar-refractivity contribution < 1.29 is 19.7 Å². The highest BCUT2D eigenvalue weighted by Gasteiger charge is 2.28. The van der Waals surface area contributed by atoms with Crippen molar-refractivity contribution in [2.75, 3.05) is 0 Å². The lowest BCUT2D eigenvalue weighted by molar-refractivity contribution is -0.390. The number of carbonyl (C=O) groups is 1. The Morgan fingerprint density at radius 3 is 2.21 bits per heavy atom. The smallest absolute Gasteiger partial charge is 0.353 e. The number of thiophene rings is 1. The van der Waals surface area contributed by atoms with E-state index in [9.17, 15) is 25.0 Å². The zero-order valence-corrected chi connectivity index (χ0v) is 7.18. The van der Waals surface area contributed by atoms with Crippen molar-refractivity contribution in [3.05, 3.63) is 31.2 Å². The first-order valence-corrected chi connectivity index (χ1v) is 3.91. The van der Waals surface area contributed by atoms with Crippen molar-refractivity contribution in [1.29, 1.82) is 0 Å². The predicted molar refractivity (Wildman–Crippen MR) is 44.6 cm³/mol. The van der Waals surface area contributed by atoms with E-state index in [-0.39, 0.29) is 11.3 Å². The molecule has 0 spiro atoms. The van der Waals surface area contributed by atoms with Gasteiger partial charge in [0.25, 0.3) is 0 Å². The number of carboxylic acid groups (broad SMARTS) is 1. The minimum absolute atomic E-state index is 0.264. The summed E-state index contributed by atoms with van der Waals surface area (Å²) in [6.07, 6.45) is 0. The molecule has 14 heavy (non-hydrogen) atoms. The van der Waals surface area contributed by atoms with Crippen LogP contribution < -0.4 is 0 Å². The molecular formula is C5H2N2O6S. The Balaban J connectivity index is 3.33. The molecule has 0 aromatic carbocycles. The summed E-state index contributed by atoms with van der Waals surface area (Å²) in [5.41, 5.74) is -0.755. The molecule has 9 heteroatoms. The fourth-order valence-electron chi connectivity index (χ4n) is 0.748. The van der Waals surface area contributed by atoms with Gasteiger partial charge in [-0.05, 0) is 11.3 Å². The first kappa shape index (κ1) is 10.1. The predicted octanol–water partition coefficient (Wildman–Crippen LogP) is 1.26. The largest absolute Gasteiger partial charge is 0.477 e. The zero-order chi connectivity index (χ0) is 10.9. The van der Waals surface area contributed by atoms with Crippen LogP contribution in [0.2, 0.25) is 0 Å². The van der Waals surface area contributed by atoms with Gasteiger partial charge in [-0.25, -0.2) is 4.79 Å². The first-order chi connectivity index (χ1) is 6.43. The standard InChI is InChI=1S/C5H2N2O6S/c8-5(9)4-2(6(10)11)1-3(14-4)7(12)13/h1H,(H,8,9). The molecule has 0 aliphatic rings. The molecule has 0 fully saturated rings. The third kappa shape index (κ3) is 1.66. The molecule has 0 unspecified atom stereocenters. The van der Waals surface area contributed by atoms with E-state index in [4.69, 9.17) is 5.11 Å². The normalized spacial score (nSPS) is 9.71. The van der Waals surface area contributed by atoms with Crippen molar-refractivity contribution in [3.63, 3.8) is 0 Å². The highest BCUT2D eigenvalue weighted by atomic mass is 32.1. The van der Waals surface area contributed by atoms with Crippen molar-refractivity contribution in [3.8, 4) is 0 Å². The topological polar surface area (TPSA) is 124 Å². The number of rotatable bonds is 3. The summed E-state index contributed by atoms with van der Waals surface area (Å²) in [7, 11) is 0. The van der Waals surface area contributed by atoms with E-state index in [0.29, 0.717) is 6.07 Å². The van der Waals surface area contributed by atoms with Crippen LogP contribution in [-0.2, 0) is 0 Å². The van der Waals surface area contributed by atoms with Crippen LogP contribution in [0.15, 0.2) is 6.07 Å². The lowest BCUT2D eigenvalue weighted by Crippen LogP contribution is -1.97. The third-order valence-corrected chi connectivity index (χ3v) is 2.33. The summed E-state index contributed by atoms with van der Waals surface area (Å²) in [4.78, 5) is 28.5. The van der Waals surface area contributed by atoms with Gasteiger partial charge in [-0.2, -0.15) is 0 Å². The summed E-state index contributed by atoms with van der Waals surface area (Å²) in [6, 6.07) is 0.633. The average molecular weight is 218 g/mol. The van der Waals surface area contributed by atoms with Crippen LogP contribution >= 0.6 is 11.3 Å². The maximum absolute atomic E-state index is 10.4. The summed E-state index contributed by atoms with van der Waals surface area (Å²) in [5, 5.41) is 28.4. The molecule has 0 aliphatic heterocycles. The van der Waals surface area contributed by atoms with Gasteiger partial charge in [-0.1, -0.05) is 0 Å². The van der Waals surface area contributed by atoms with Crippen molar-refractivity contribution in [2.45, 2.75) is 0 Å². The average Bonchev–Trinajstić information content (AvgIpc) is 2.47. The zero-order valence-electron chi connectivity index (χ0n) is 6.37. The van der Waals surface area contributed by atoms with E-state index >= 15 is 0 Å². The lowest BCUT2D eigenvalue weighted by Gasteiger charge is -1.86. The maximum atomic E-state index is 10.4. The quantitative estimate of drug-likeness (QED) is 0.601. The number of nitro groups is 2. The van der Waals surface area contributed by atoms with Gasteiger partial charge >= 0.3 is 16.7 Å². The Labute approximate surface area is 79.7 Å². The molecule has 1 N–H and O–H groups in total. The summed E-state index contributed by atoms with van der Waals surface area (Å²) < 4.78 is 0. The molecule has 1 rings (SSSR count). The minimum atomic E-state index is -1.55. The fourth-order valence-corrected chi connectivity index (χ4v) is 1.53. The fraction of sp³-hybridized carbons (Fsp3) is 0. The lowest BCUT2D eigenvalue weighted by atomic mass is 10.4. The second-order valence-corrected chi connectivity index (χ2v) is 3.15. The van der Waals surface area contributed by atoms with Gasteiger partial charge in [0.05, 0.1) is 9.85 Å². The molecule has 0 atom stereocenters. The van der Waals surface area contributed by atoms with Crippen LogP contribution in [-0.4, -0.2) is 20.9 Å². The Morgan fingerprint density at radius 2 is 1.93 bits per heavy atom. The molecule has 1 aromatic rings. The van der Waals surface area contributed by atoms with Crippen LogP contribution in [0.5, 0.6) is 0 Å². The van der Waals surface area contributed by atoms with E-state index in [2.05, 4.69) is 0 Å².